The van der Waals surface area contributed by atoms with Gasteiger partial charge in [-0.2, -0.15) is 0 Å². The summed E-state index contributed by atoms with van der Waals surface area (Å²) in [6, 6.07) is 7.85. The van der Waals surface area contributed by atoms with E-state index in [1.54, 1.807) is 26.2 Å². The predicted octanol–water partition coefficient (Wildman–Crippen LogP) is 2.43. The second-order valence-electron chi connectivity index (χ2n) is 5.61. The van der Waals surface area contributed by atoms with Crippen LogP contribution in [0, 0.1) is 0 Å². The Kier molecular flexibility index (Phi) is 4.07. The molecule has 1 aliphatic rings. The Labute approximate surface area is 145 Å². The van der Waals surface area contributed by atoms with Crippen molar-refractivity contribution in [1.82, 2.24) is 14.4 Å². The van der Waals surface area contributed by atoms with Gasteiger partial charge < -0.3 is 4.57 Å². The molecule has 0 spiro atoms. The normalized spacial score (nSPS) is 15.4. The first-order valence-corrected chi connectivity index (χ1v) is 7.87. The second-order valence-corrected chi connectivity index (χ2v) is 5.98. The van der Waals surface area contributed by atoms with Gasteiger partial charge in [0, 0.05) is 43.3 Å². The van der Waals surface area contributed by atoms with Gasteiger partial charge in [0.1, 0.15) is 5.57 Å². The van der Waals surface area contributed by atoms with E-state index in [2.05, 4.69) is 6.58 Å². The largest absolute Gasteiger partial charge is 0.343 e. The van der Waals surface area contributed by atoms with Gasteiger partial charge >= 0.3 is 0 Å². The third-order valence-electron chi connectivity index (χ3n) is 4.09. The van der Waals surface area contributed by atoms with Crippen LogP contribution in [-0.4, -0.2) is 45.4 Å². The van der Waals surface area contributed by atoms with Crippen LogP contribution in [0.25, 0.3) is 17.0 Å². The van der Waals surface area contributed by atoms with Crippen molar-refractivity contribution in [3.63, 3.8) is 0 Å². The number of para-hydroxylation sites is 1. The van der Waals surface area contributed by atoms with Gasteiger partial charge in [-0.1, -0.05) is 24.3 Å². The summed E-state index contributed by atoms with van der Waals surface area (Å²) in [4.78, 5) is 27.6. The van der Waals surface area contributed by atoms with E-state index in [1.165, 1.54) is 9.80 Å². The molecule has 0 radical (unpaired) electrons. The van der Waals surface area contributed by atoms with Crippen molar-refractivity contribution >= 4 is 46.1 Å². The highest BCUT2D eigenvalue weighted by Gasteiger charge is 2.35. The number of rotatable bonds is 3. The third-order valence-corrected chi connectivity index (χ3v) is 4.64. The lowest BCUT2D eigenvalue weighted by Crippen LogP contribution is -2.52. The first-order valence-electron chi connectivity index (χ1n) is 7.46. The Hall–Kier alpha value is -2.73. The number of fused-ring (bicyclic) bond motifs is 1. The van der Waals surface area contributed by atoms with E-state index in [0.717, 1.165) is 16.5 Å². The number of benzene rings is 1. The van der Waals surface area contributed by atoms with Crippen molar-refractivity contribution in [1.29, 1.82) is 0 Å². The topological polar surface area (TPSA) is 45.6 Å². The van der Waals surface area contributed by atoms with Crippen molar-refractivity contribution in [2.75, 3.05) is 14.1 Å². The first kappa shape index (κ1) is 16.1. The molecule has 0 unspecified atom stereocenters. The van der Waals surface area contributed by atoms with Gasteiger partial charge in [-0.3, -0.25) is 19.4 Å². The molecule has 24 heavy (non-hydrogen) atoms. The summed E-state index contributed by atoms with van der Waals surface area (Å²) in [5, 5.41) is 1.18. The van der Waals surface area contributed by atoms with Crippen molar-refractivity contribution in [2.45, 2.75) is 6.54 Å². The van der Waals surface area contributed by atoms with Crippen LogP contribution in [0.4, 0.5) is 0 Å². The van der Waals surface area contributed by atoms with E-state index in [0.29, 0.717) is 6.54 Å². The number of thiocarbonyl (C=S) groups is 1. The average Bonchev–Trinajstić information content (AvgIpc) is 2.93. The lowest BCUT2D eigenvalue weighted by molar-refractivity contribution is -0.132. The molecular weight excluding hydrogens is 322 g/mol. The maximum absolute atomic E-state index is 12.5. The number of carbonyl (C=O) groups excluding carboxylic acids is 2. The minimum atomic E-state index is -0.386. The van der Waals surface area contributed by atoms with E-state index in [9.17, 15) is 9.59 Å². The SMILES string of the molecule is C=CCn1cc(C=C2C(=O)N(C)C(=S)N(C)C2=O)c2ccccc21. The zero-order valence-corrected chi connectivity index (χ0v) is 14.3. The number of aromatic nitrogens is 1. The molecule has 0 saturated carbocycles. The smallest absolute Gasteiger partial charge is 0.265 e. The molecule has 0 atom stereocenters. The first-order chi connectivity index (χ1) is 11.5. The maximum atomic E-state index is 12.5. The monoisotopic (exact) mass is 339 g/mol. The van der Waals surface area contributed by atoms with Crippen molar-refractivity contribution in [3.05, 3.63) is 54.3 Å². The van der Waals surface area contributed by atoms with Crippen LogP contribution in [0.3, 0.4) is 0 Å². The molecule has 1 aromatic carbocycles. The molecule has 1 fully saturated rings. The van der Waals surface area contributed by atoms with E-state index in [4.69, 9.17) is 12.2 Å². The Balaban J connectivity index is 2.16. The number of amides is 2. The molecule has 1 saturated heterocycles. The zero-order valence-electron chi connectivity index (χ0n) is 13.5. The lowest BCUT2D eigenvalue weighted by atomic mass is 10.1. The number of nitrogens with zero attached hydrogens (tertiary/aromatic N) is 3. The molecular formula is C18H17N3O2S. The molecule has 5 nitrogen and oxygen atoms in total. The van der Waals surface area contributed by atoms with Crippen LogP contribution < -0.4 is 0 Å². The molecule has 1 aliphatic heterocycles. The van der Waals surface area contributed by atoms with Gasteiger partial charge in [-0.15, -0.1) is 6.58 Å². The summed E-state index contributed by atoms with van der Waals surface area (Å²) >= 11 is 5.11. The number of likely N-dealkylation sites (N-methyl/N-ethyl adjacent to an activating group) is 2. The summed E-state index contributed by atoms with van der Waals surface area (Å²) in [6.45, 7) is 4.42. The Bertz CT molecular complexity index is 884. The third kappa shape index (κ3) is 2.45. The van der Waals surface area contributed by atoms with Crippen LogP contribution in [0.5, 0.6) is 0 Å². The van der Waals surface area contributed by atoms with Gasteiger partial charge in [0.15, 0.2) is 5.11 Å². The molecule has 2 amide bonds. The van der Waals surface area contributed by atoms with Gasteiger partial charge in [0.05, 0.1) is 0 Å². The Morgan fingerprint density at radius 1 is 1.12 bits per heavy atom. The van der Waals surface area contributed by atoms with E-state index in [-0.39, 0.29) is 22.5 Å². The lowest BCUT2D eigenvalue weighted by Gasteiger charge is -2.31. The van der Waals surface area contributed by atoms with Crippen molar-refractivity contribution < 1.29 is 9.59 Å². The molecule has 0 bridgehead atoms. The van der Waals surface area contributed by atoms with Crippen LogP contribution in [0.2, 0.25) is 0 Å². The highest BCUT2D eigenvalue weighted by Crippen LogP contribution is 2.25. The van der Waals surface area contributed by atoms with E-state index >= 15 is 0 Å². The van der Waals surface area contributed by atoms with Gasteiger partial charge in [0.25, 0.3) is 11.8 Å². The van der Waals surface area contributed by atoms with Crippen LogP contribution in [0.15, 0.2) is 48.7 Å². The summed E-state index contributed by atoms with van der Waals surface area (Å²) in [6.07, 6.45) is 5.37. The molecule has 6 heteroatoms. The Morgan fingerprint density at radius 3 is 2.38 bits per heavy atom. The average molecular weight is 339 g/mol. The number of hydrogen-bond donors (Lipinski definition) is 0. The second kappa shape index (κ2) is 6.05. The quantitative estimate of drug-likeness (QED) is 0.373. The number of hydrogen-bond acceptors (Lipinski definition) is 3. The van der Waals surface area contributed by atoms with E-state index in [1.807, 2.05) is 35.0 Å². The summed E-state index contributed by atoms with van der Waals surface area (Å²) in [5.74, 6) is -0.771. The van der Waals surface area contributed by atoms with Gasteiger partial charge in [-0.25, -0.2) is 0 Å². The highest BCUT2D eigenvalue weighted by molar-refractivity contribution is 7.80. The fraction of sp³-hybridized carbons (Fsp3) is 0.167. The minimum Gasteiger partial charge on any atom is -0.343 e. The minimum absolute atomic E-state index is 0.107. The fourth-order valence-electron chi connectivity index (χ4n) is 2.81. The zero-order chi connectivity index (χ0) is 17.4. The summed E-state index contributed by atoms with van der Waals surface area (Å²) in [7, 11) is 3.14. The molecule has 122 valence electrons. The van der Waals surface area contributed by atoms with Crippen molar-refractivity contribution in [3.8, 4) is 0 Å². The Morgan fingerprint density at radius 2 is 1.75 bits per heavy atom. The molecule has 2 aromatic rings. The van der Waals surface area contributed by atoms with Crippen LogP contribution in [-0.2, 0) is 16.1 Å². The maximum Gasteiger partial charge on any atom is 0.265 e. The summed E-state index contributed by atoms with van der Waals surface area (Å²) in [5.41, 5.74) is 1.95. The van der Waals surface area contributed by atoms with Crippen molar-refractivity contribution in [2.24, 2.45) is 0 Å². The van der Waals surface area contributed by atoms with Gasteiger partial charge in [-0.05, 0) is 24.4 Å². The van der Waals surface area contributed by atoms with Gasteiger partial charge in [0.2, 0.25) is 0 Å². The molecule has 0 aliphatic carbocycles. The van der Waals surface area contributed by atoms with Crippen LogP contribution >= 0.6 is 12.2 Å². The molecule has 0 N–H and O–H groups in total. The standard InChI is InChI=1S/C18H17N3O2S/c1-4-9-21-11-12(13-7-5-6-8-15(13)21)10-14-16(22)19(2)18(24)20(3)17(14)23/h4-8,10-11H,1,9H2,2-3H3. The highest BCUT2D eigenvalue weighted by atomic mass is 32.1. The molecule has 2 heterocycles. The number of allylic oxidation sites excluding steroid dienone is 1. The van der Waals surface area contributed by atoms with E-state index < -0.39 is 0 Å². The molecule has 3 rings (SSSR count). The predicted molar refractivity (Wildman–Crippen MR) is 98.3 cm³/mol. The van der Waals surface area contributed by atoms with Crippen LogP contribution in [0.1, 0.15) is 5.56 Å². The molecule has 1 aromatic heterocycles. The number of carbonyl (C=O) groups is 2. The summed E-state index contributed by atoms with van der Waals surface area (Å²) < 4.78 is 2.03. The fourth-order valence-corrected chi connectivity index (χ4v) is 2.98.